The van der Waals surface area contributed by atoms with Gasteiger partial charge in [0.05, 0.1) is 11.7 Å². The van der Waals surface area contributed by atoms with Crippen LogP contribution in [0.1, 0.15) is 46.0 Å². The smallest absolute Gasteiger partial charge is 0.230 e. The lowest BCUT2D eigenvalue weighted by atomic mass is 9.78. The van der Waals surface area contributed by atoms with Crippen LogP contribution in [0.15, 0.2) is 18.7 Å². The molecule has 2 aliphatic rings. The lowest BCUT2D eigenvalue weighted by molar-refractivity contribution is -0.148. The summed E-state index contributed by atoms with van der Waals surface area (Å²) in [6, 6.07) is 0.245. The fraction of sp³-hybridized carbons (Fsp3) is 0.722. The van der Waals surface area contributed by atoms with Crippen LogP contribution in [-0.2, 0) is 16.1 Å². The summed E-state index contributed by atoms with van der Waals surface area (Å²) in [5.74, 6) is 0.443. The number of hydrogen-bond acceptors (Lipinski definition) is 3. The highest BCUT2D eigenvalue weighted by Gasteiger charge is 2.49. The SMILES string of the molecule is CC(C)N1CCC[C@]2(CCN(C(=O)CCCn3ccnc3)C2)C1=O. The van der Waals surface area contributed by atoms with Gasteiger partial charge in [-0.1, -0.05) is 0 Å². The maximum absolute atomic E-state index is 12.9. The number of carbonyl (C=O) groups is 2. The summed E-state index contributed by atoms with van der Waals surface area (Å²) in [6.07, 6.45) is 9.58. The number of carbonyl (C=O) groups excluding carboxylic acids is 2. The molecule has 2 amide bonds. The Morgan fingerprint density at radius 2 is 2.17 bits per heavy atom. The maximum Gasteiger partial charge on any atom is 0.230 e. The summed E-state index contributed by atoms with van der Waals surface area (Å²) in [6.45, 7) is 7.15. The Kier molecular flexibility index (Phi) is 4.92. The predicted octanol–water partition coefficient (Wildman–Crippen LogP) is 1.91. The molecule has 1 atom stereocenters. The van der Waals surface area contributed by atoms with Crippen LogP contribution in [0.25, 0.3) is 0 Å². The van der Waals surface area contributed by atoms with Gasteiger partial charge in [-0.25, -0.2) is 4.98 Å². The summed E-state index contributed by atoms with van der Waals surface area (Å²) in [4.78, 5) is 33.3. The van der Waals surface area contributed by atoms with Crippen LogP contribution in [0.2, 0.25) is 0 Å². The molecule has 0 bridgehead atoms. The first-order valence-corrected chi connectivity index (χ1v) is 9.06. The van der Waals surface area contributed by atoms with Gasteiger partial charge in [0.2, 0.25) is 11.8 Å². The van der Waals surface area contributed by atoms with Crippen LogP contribution in [0.4, 0.5) is 0 Å². The third kappa shape index (κ3) is 3.32. The van der Waals surface area contributed by atoms with Crippen LogP contribution in [0.3, 0.4) is 0 Å². The lowest BCUT2D eigenvalue weighted by Crippen LogP contribution is -2.52. The molecule has 3 rings (SSSR count). The van der Waals surface area contributed by atoms with Crippen molar-refractivity contribution in [3.8, 4) is 0 Å². The van der Waals surface area contributed by atoms with Gasteiger partial charge < -0.3 is 14.4 Å². The van der Waals surface area contributed by atoms with Gasteiger partial charge in [-0.05, 0) is 39.5 Å². The molecule has 132 valence electrons. The quantitative estimate of drug-likeness (QED) is 0.828. The summed E-state index contributed by atoms with van der Waals surface area (Å²) in [7, 11) is 0. The van der Waals surface area contributed by atoms with E-state index in [1.165, 1.54) is 0 Å². The Labute approximate surface area is 143 Å². The zero-order valence-electron chi connectivity index (χ0n) is 14.8. The Bertz CT molecular complexity index is 584. The van der Waals surface area contributed by atoms with Crippen LogP contribution < -0.4 is 0 Å². The highest BCUT2D eigenvalue weighted by molar-refractivity contribution is 5.86. The van der Waals surface area contributed by atoms with Crippen molar-refractivity contribution in [3.63, 3.8) is 0 Å². The molecule has 1 aromatic heterocycles. The van der Waals surface area contributed by atoms with Crippen molar-refractivity contribution >= 4 is 11.8 Å². The molecule has 6 nitrogen and oxygen atoms in total. The van der Waals surface area contributed by atoms with E-state index in [2.05, 4.69) is 18.8 Å². The van der Waals surface area contributed by atoms with E-state index < -0.39 is 0 Å². The molecule has 2 saturated heterocycles. The van der Waals surface area contributed by atoms with E-state index in [-0.39, 0.29) is 23.3 Å². The maximum atomic E-state index is 12.9. The minimum atomic E-state index is -0.317. The van der Waals surface area contributed by atoms with Crippen molar-refractivity contribution < 1.29 is 9.59 Å². The van der Waals surface area contributed by atoms with Crippen molar-refractivity contribution in [1.29, 1.82) is 0 Å². The van der Waals surface area contributed by atoms with Gasteiger partial charge in [-0.2, -0.15) is 0 Å². The van der Waals surface area contributed by atoms with Gasteiger partial charge in [0.25, 0.3) is 0 Å². The zero-order valence-corrected chi connectivity index (χ0v) is 14.8. The molecular weight excluding hydrogens is 304 g/mol. The number of hydrogen-bond donors (Lipinski definition) is 0. The van der Waals surface area contributed by atoms with Crippen molar-refractivity contribution in [3.05, 3.63) is 18.7 Å². The Balaban J connectivity index is 1.54. The second-order valence-electron chi connectivity index (χ2n) is 7.45. The lowest BCUT2D eigenvalue weighted by Gasteiger charge is -2.41. The van der Waals surface area contributed by atoms with E-state index in [4.69, 9.17) is 0 Å². The highest BCUT2D eigenvalue weighted by Crippen LogP contribution is 2.40. The molecule has 3 heterocycles. The number of nitrogens with zero attached hydrogens (tertiary/aromatic N) is 4. The molecule has 6 heteroatoms. The van der Waals surface area contributed by atoms with E-state index in [0.29, 0.717) is 13.0 Å². The summed E-state index contributed by atoms with van der Waals surface area (Å²) < 4.78 is 1.99. The van der Waals surface area contributed by atoms with Crippen molar-refractivity contribution in [2.75, 3.05) is 19.6 Å². The van der Waals surface area contributed by atoms with Gasteiger partial charge in [-0.15, -0.1) is 0 Å². The second-order valence-corrected chi connectivity index (χ2v) is 7.45. The Morgan fingerprint density at radius 1 is 1.33 bits per heavy atom. The number of rotatable bonds is 5. The molecule has 0 radical (unpaired) electrons. The molecule has 0 saturated carbocycles. The zero-order chi connectivity index (χ0) is 17.2. The van der Waals surface area contributed by atoms with Gasteiger partial charge in [0, 0.05) is 51.0 Å². The van der Waals surface area contributed by atoms with Gasteiger partial charge in [0.1, 0.15) is 0 Å². The van der Waals surface area contributed by atoms with Gasteiger partial charge in [0.15, 0.2) is 0 Å². The molecule has 0 aliphatic carbocycles. The van der Waals surface area contributed by atoms with Crippen LogP contribution >= 0.6 is 0 Å². The van der Waals surface area contributed by atoms with Gasteiger partial charge >= 0.3 is 0 Å². The first-order chi connectivity index (χ1) is 11.5. The fourth-order valence-electron chi connectivity index (χ4n) is 4.05. The third-order valence-corrected chi connectivity index (χ3v) is 5.46. The number of aryl methyl sites for hydroxylation is 1. The summed E-state index contributed by atoms with van der Waals surface area (Å²) in [5, 5.41) is 0. The average Bonchev–Trinajstić information content (AvgIpc) is 3.20. The van der Waals surface area contributed by atoms with E-state index >= 15 is 0 Å². The molecule has 0 unspecified atom stereocenters. The normalized spacial score (nSPS) is 24.4. The minimum absolute atomic E-state index is 0.182. The monoisotopic (exact) mass is 332 g/mol. The molecule has 0 N–H and O–H groups in total. The number of piperidine rings is 1. The highest BCUT2D eigenvalue weighted by atomic mass is 16.2. The largest absolute Gasteiger partial charge is 0.342 e. The number of aromatic nitrogens is 2. The number of likely N-dealkylation sites (tertiary alicyclic amines) is 2. The van der Waals surface area contributed by atoms with Crippen LogP contribution in [0, 0.1) is 5.41 Å². The molecule has 1 aromatic rings. The molecule has 1 spiro atoms. The average molecular weight is 332 g/mol. The topological polar surface area (TPSA) is 58.4 Å². The van der Waals surface area contributed by atoms with Crippen molar-refractivity contribution in [1.82, 2.24) is 19.4 Å². The summed E-state index contributed by atoms with van der Waals surface area (Å²) in [5.41, 5.74) is -0.317. The third-order valence-electron chi connectivity index (χ3n) is 5.46. The van der Waals surface area contributed by atoms with Crippen molar-refractivity contribution in [2.45, 2.75) is 58.5 Å². The summed E-state index contributed by atoms with van der Waals surface area (Å²) >= 11 is 0. The van der Waals surface area contributed by atoms with E-state index in [1.54, 1.807) is 12.5 Å². The van der Waals surface area contributed by atoms with E-state index in [0.717, 1.165) is 45.3 Å². The Hall–Kier alpha value is -1.85. The van der Waals surface area contributed by atoms with Crippen LogP contribution in [-0.4, -0.2) is 56.8 Å². The van der Waals surface area contributed by atoms with E-state index in [1.807, 2.05) is 20.6 Å². The number of amides is 2. The van der Waals surface area contributed by atoms with E-state index in [9.17, 15) is 9.59 Å². The second kappa shape index (κ2) is 6.95. The molecular formula is C18H28N4O2. The molecule has 24 heavy (non-hydrogen) atoms. The molecule has 0 aromatic carbocycles. The first kappa shape index (κ1) is 17.0. The van der Waals surface area contributed by atoms with Crippen LogP contribution in [0.5, 0.6) is 0 Å². The minimum Gasteiger partial charge on any atom is -0.342 e. The standard InChI is InChI=1S/C18H28N4O2/c1-15(2)22-10-4-6-18(17(22)24)7-11-21(13-18)16(23)5-3-9-20-12-8-19-14-20/h8,12,14-15H,3-7,9-11,13H2,1-2H3/t18-/m1/s1. The van der Waals surface area contributed by atoms with Gasteiger partial charge in [-0.3, -0.25) is 9.59 Å². The number of imidazole rings is 1. The predicted molar refractivity (Wildman–Crippen MR) is 91.2 cm³/mol. The fourth-order valence-corrected chi connectivity index (χ4v) is 4.05. The molecule has 2 aliphatic heterocycles. The van der Waals surface area contributed by atoms with Crippen molar-refractivity contribution in [2.24, 2.45) is 5.41 Å². The molecule has 2 fully saturated rings. The Morgan fingerprint density at radius 3 is 2.88 bits per heavy atom. The first-order valence-electron chi connectivity index (χ1n) is 9.06.